The second-order valence-corrected chi connectivity index (χ2v) is 6.51. The topological polar surface area (TPSA) is 58.6 Å². The lowest BCUT2D eigenvalue weighted by atomic mass is 9.78. The van der Waals surface area contributed by atoms with Crippen LogP contribution in [0.3, 0.4) is 0 Å². The normalized spacial score (nSPS) is 30.7. The maximum absolute atomic E-state index is 12.9. The fourth-order valence-electron chi connectivity index (χ4n) is 3.86. The third-order valence-electron chi connectivity index (χ3n) is 5.09. The van der Waals surface area contributed by atoms with Gasteiger partial charge in [-0.1, -0.05) is 24.3 Å². The van der Waals surface area contributed by atoms with Crippen LogP contribution < -0.4 is 5.32 Å². The largest absolute Gasteiger partial charge is 0.376 e. The van der Waals surface area contributed by atoms with Crippen molar-refractivity contribution in [3.05, 3.63) is 35.4 Å². The van der Waals surface area contributed by atoms with E-state index in [-0.39, 0.29) is 18.0 Å². The SMILES string of the molecule is O=C1NC2(CCc3ccccc3C2)C(=O)N1CC1CCCO1. The van der Waals surface area contributed by atoms with E-state index in [1.165, 1.54) is 16.0 Å². The summed E-state index contributed by atoms with van der Waals surface area (Å²) in [7, 11) is 0. The first-order valence-electron chi connectivity index (χ1n) is 8.00. The van der Waals surface area contributed by atoms with Gasteiger partial charge in [-0.3, -0.25) is 9.69 Å². The van der Waals surface area contributed by atoms with Gasteiger partial charge >= 0.3 is 6.03 Å². The van der Waals surface area contributed by atoms with Gasteiger partial charge in [-0.05, 0) is 36.8 Å². The Labute approximate surface area is 129 Å². The predicted octanol–water partition coefficient (Wildman–Crippen LogP) is 1.64. The van der Waals surface area contributed by atoms with Crippen LogP contribution in [0.25, 0.3) is 0 Å². The Balaban J connectivity index is 1.56. The number of urea groups is 1. The highest BCUT2D eigenvalue weighted by Gasteiger charge is 2.52. The summed E-state index contributed by atoms with van der Waals surface area (Å²) in [5.41, 5.74) is 1.71. The third kappa shape index (κ3) is 2.11. The molecule has 5 heteroatoms. The van der Waals surface area contributed by atoms with Crippen molar-refractivity contribution in [3.8, 4) is 0 Å². The van der Waals surface area contributed by atoms with E-state index in [1.54, 1.807) is 0 Å². The second kappa shape index (κ2) is 5.09. The number of carbonyl (C=O) groups is 2. The zero-order chi connectivity index (χ0) is 15.2. The molecule has 0 bridgehead atoms. The summed E-state index contributed by atoms with van der Waals surface area (Å²) >= 11 is 0. The maximum Gasteiger partial charge on any atom is 0.325 e. The van der Waals surface area contributed by atoms with Crippen molar-refractivity contribution in [2.45, 2.75) is 43.7 Å². The molecule has 22 heavy (non-hydrogen) atoms. The van der Waals surface area contributed by atoms with Crippen molar-refractivity contribution in [2.24, 2.45) is 0 Å². The average molecular weight is 300 g/mol. The number of hydrogen-bond donors (Lipinski definition) is 1. The first kappa shape index (κ1) is 13.8. The molecular weight excluding hydrogens is 280 g/mol. The second-order valence-electron chi connectivity index (χ2n) is 6.51. The van der Waals surface area contributed by atoms with Crippen molar-refractivity contribution in [1.82, 2.24) is 10.2 Å². The molecule has 2 fully saturated rings. The molecule has 1 aliphatic carbocycles. The number of nitrogens with one attached hydrogen (secondary N) is 1. The number of benzene rings is 1. The van der Waals surface area contributed by atoms with Crippen molar-refractivity contribution in [3.63, 3.8) is 0 Å². The summed E-state index contributed by atoms with van der Waals surface area (Å²) < 4.78 is 5.57. The molecular formula is C17H20N2O3. The van der Waals surface area contributed by atoms with Crippen LogP contribution in [0.2, 0.25) is 0 Å². The Morgan fingerprint density at radius 2 is 2.09 bits per heavy atom. The van der Waals surface area contributed by atoms with Gasteiger partial charge in [-0.2, -0.15) is 0 Å². The Morgan fingerprint density at radius 1 is 1.27 bits per heavy atom. The van der Waals surface area contributed by atoms with Crippen molar-refractivity contribution < 1.29 is 14.3 Å². The first-order chi connectivity index (χ1) is 10.7. The lowest BCUT2D eigenvalue weighted by Gasteiger charge is -2.32. The fraction of sp³-hybridized carbons (Fsp3) is 0.529. The van der Waals surface area contributed by atoms with Crippen LogP contribution in [0, 0.1) is 0 Å². The van der Waals surface area contributed by atoms with Gasteiger partial charge in [0, 0.05) is 13.0 Å². The molecule has 1 N–H and O–H groups in total. The number of rotatable bonds is 2. The lowest BCUT2D eigenvalue weighted by Crippen LogP contribution is -2.51. The van der Waals surface area contributed by atoms with Crippen LogP contribution in [-0.4, -0.2) is 41.6 Å². The van der Waals surface area contributed by atoms with E-state index < -0.39 is 5.54 Å². The van der Waals surface area contributed by atoms with Crippen molar-refractivity contribution >= 4 is 11.9 Å². The Kier molecular flexibility index (Phi) is 3.18. The summed E-state index contributed by atoms with van der Waals surface area (Å²) in [6.45, 7) is 1.11. The van der Waals surface area contributed by atoms with Crippen LogP contribution >= 0.6 is 0 Å². The Bertz CT molecular complexity index is 624. The van der Waals surface area contributed by atoms with Crippen LogP contribution in [0.1, 0.15) is 30.4 Å². The van der Waals surface area contributed by atoms with Crippen LogP contribution in [0.4, 0.5) is 4.79 Å². The quantitative estimate of drug-likeness (QED) is 0.845. The monoisotopic (exact) mass is 300 g/mol. The number of fused-ring (bicyclic) bond motifs is 1. The van der Waals surface area contributed by atoms with Gasteiger partial charge in [0.1, 0.15) is 5.54 Å². The number of carbonyl (C=O) groups excluding carboxylic acids is 2. The molecule has 0 radical (unpaired) electrons. The molecule has 1 aromatic rings. The van der Waals surface area contributed by atoms with Gasteiger partial charge in [0.05, 0.1) is 12.6 Å². The third-order valence-corrected chi connectivity index (χ3v) is 5.09. The van der Waals surface area contributed by atoms with Gasteiger partial charge < -0.3 is 10.1 Å². The van der Waals surface area contributed by atoms with E-state index in [0.29, 0.717) is 19.4 Å². The zero-order valence-corrected chi connectivity index (χ0v) is 12.5. The summed E-state index contributed by atoms with van der Waals surface area (Å²) in [5.74, 6) is -0.0810. The minimum Gasteiger partial charge on any atom is -0.376 e. The first-order valence-corrected chi connectivity index (χ1v) is 8.00. The fourth-order valence-corrected chi connectivity index (χ4v) is 3.86. The molecule has 1 spiro atoms. The van der Waals surface area contributed by atoms with Crippen molar-refractivity contribution in [2.75, 3.05) is 13.2 Å². The molecule has 2 saturated heterocycles. The highest BCUT2D eigenvalue weighted by atomic mass is 16.5. The molecule has 2 atom stereocenters. The summed E-state index contributed by atoms with van der Waals surface area (Å²) in [6.07, 6.45) is 4.03. The predicted molar refractivity (Wildman–Crippen MR) is 80.4 cm³/mol. The van der Waals surface area contributed by atoms with E-state index in [2.05, 4.69) is 17.4 Å². The molecule has 2 heterocycles. The smallest absolute Gasteiger partial charge is 0.325 e. The van der Waals surface area contributed by atoms with Crippen LogP contribution in [-0.2, 0) is 22.4 Å². The molecule has 0 saturated carbocycles. The highest BCUT2D eigenvalue weighted by Crippen LogP contribution is 2.34. The van der Waals surface area contributed by atoms with Gasteiger partial charge in [0.25, 0.3) is 5.91 Å². The van der Waals surface area contributed by atoms with Crippen LogP contribution in [0.15, 0.2) is 24.3 Å². The van der Waals surface area contributed by atoms with E-state index >= 15 is 0 Å². The molecule has 4 rings (SSSR count). The highest BCUT2D eigenvalue weighted by molar-refractivity contribution is 6.07. The van der Waals surface area contributed by atoms with Crippen LogP contribution in [0.5, 0.6) is 0 Å². The molecule has 1 aromatic carbocycles. The van der Waals surface area contributed by atoms with Gasteiger partial charge in [0.15, 0.2) is 0 Å². The van der Waals surface area contributed by atoms with Gasteiger partial charge in [-0.15, -0.1) is 0 Å². The minimum atomic E-state index is -0.746. The van der Waals surface area contributed by atoms with Crippen molar-refractivity contribution in [1.29, 1.82) is 0 Å². The molecule has 116 valence electrons. The Hall–Kier alpha value is -1.88. The molecule has 0 aromatic heterocycles. The molecule has 3 amide bonds. The summed E-state index contributed by atoms with van der Waals surface area (Å²) in [5, 5.41) is 2.97. The molecule has 3 aliphatic rings. The lowest BCUT2D eigenvalue weighted by molar-refractivity contribution is -0.132. The number of nitrogens with zero attached hydrogens (tertiary/aromatic N) is 1. The number of amides is 3. The Morgan fingerprint density at radius 3 is 2.86 bits per heavy atom. The number of ether oxygens (including phenoxy) is 1. The zero-order valence-electron chi connectivity index (χ0n) is 12.5. The number of aryl methyl sites for hydroxylation is 1. The average Bonchev–Trinajstić information content (AvgIpc) is 3.11. The molecule has 2 aliphatic heterocycles. The van der Waals surface area contributed by atoms with Gasteiger partial charge in [-0.25, -0.2) is 4.79 Å². The van der Waals surface area contributed by atoms with E-state index in [1.807, 2.05) is 12.1 Å². The number of imide groups is 1. The van der Waals surface area contributed by atoms with E-state index in [9.17, 15) is 9.59 Å². The maximum atomic E-state index is 12.9. The summed E-state index contributed by atoms with van der Waals surface area (Å²) in [6, 6.07) is 7.91. The molecule has 2 unspecified atom stereocenters. The van der Waals surface area contributed by atoms with E-state index in [4.69, 9.17) is 4.74 Å². The summed E-state index contributed by atoms with van der Waals surface area (Å²) in [4.78, 5) is 26.5. The molecule has 5 nitrogen and oxygen atoms in total. The number of hydrogen-bond acceptors (Lipinski definition) is 3. The van der Waals surface area contributed by atoms with E-state index in [0.717, 1.165) is 25.9 Å². The minimum absolute atomic E-state index is 0.000673. The van der Waals surface area contributed by atoms with Gasteiger partial charge in [0.2, 0.25) is 0 Å². The standard InChI is InChI=1S/C17H20N2O3/c20-15-17(8-7-12-4-1-2-5-13(12)10-17)18-16(21)19(15)11-14-6-3-9-22-14/h1-2,4-5,14H,3,6-11H2,(H,18,21).